The van der Waals surface area contributed by atoms with Gasteiger partial charge in [0.2, 0.25) is 0 Å². The van der Waals surface area contributed by atoms with E-state index in [0.29, 0.717) is 12.1 Å². The third kappa shape index (κ3) is 2.15. The van der Waals surface area contributed by atoms with Crippen molar-refractivity contribution in [3.63, 3.8) is 0 Å². The predicted octanol–water partition coefficient (Wildman–Crippen LogP) is 2.04. The van der Waals surface area contributed by atoms with Crippen molar-refractivity contribution in [2.45, 2.75) is 37.8 Å². The molecule has 0 aromatic heterocycles. The van der Waals surface area contributed by atoms with Gasteiger partial charge in [0.15, 0.2) is 0 Å². The second-order valence-corrected chi connectivity index (χ2v) is 5.28. The van der Waals surface area contributed by atoms with E-state index in [2.05, 4.69) is 10.2 Å². The number of likely N-dealkylation sites (tertiary alicyclic amines) is 1. The largest absolute Gasteiger partial charge is 0.334 e. The van der Waals surface area contributed by atoms with Crippen LogP contribution in [-0.2, 0) is 0 Å². The molecule has 2 atom stereocenters. The highest BCUT2D eigenvalue weighted by atomic mass is 16.2. The van der Waals surface area contributed by atoms with Crippen molar-refractivity contribution in [2.24, 2.45) is 0 Å². The van der Waals surface area contributed by atoms with E-state index in [1.807, 2.05) is 30.3 Å². The average molecular weight is 244 g/mol. The van der Waals surface area contributed by atoms with Gasteiger partial charge in [-0.2, -0.15) is 0 Å². The highest BCUT2D eigenvalue weighted by molar-refractivity contribution is 5.94. The molecule has 2 fully saturated rings. The molecule has 1 aromatic rings. The zero-order valence-corrected chi connectivity index (χ0v) is 10.6. The number of nitrogens with one attached hydrogen (secondary N) is 1. The summed E-state index contributed by atoms with van der Waals surface area (Å²) >= 11 is 0. The molecule has 0 spiro atoms. The lowest BCUT2D eigenvalue weighted by Crippen LogP contribution is -2.46. The summed E-state index contributed by atoms with van der Waals surface area (Å²) in [6.45, 7) is 2.02. The molecule has 0 saturated carbocycles. The van der Waals surface area contributed by atoms with Crippen LogP contribution in [-0.4, -0.2) is 36.0 Å². The molecule has 3 heteroatoms. The van der Waals surface area contributed by atoms with Crippen molar-refractivity contribution < 1.29 is 4.79 Å². The summed E-state index contributed by atoms with van der Waals surface area (Å²) in [5, 5.41) is 3.54. The van der Waals surface area contributed by atoms with E-state index < -0.39 is 0 Å². The average Bonchev–Trinajstić information content (AvgIpc) is 3.09. The summed E-state index contributed by atoms with van der Waals surface area (Å²) < 4.78 is 0. The zero-order valence-electron chi connectivity index (χ0n) is 10.6. The van der Waals surface area contributed by atoms with Crippen LogP contribution in [0.1, 0.15) is 36.0 Å². The van der Waals surface area contributed by atoms with Gasteiger partial charge in [0.05, 0.1) is 0 Å². The summed E-state index contributed by atoms with van der Waals surface area (Å²) in [4.78, 5) is 14.6. The summed E-state index contributed by atoms with van der Waals surface area (Å²) in [5.74, 6) is 0.201. The molecule has 0 aliphatic carbocycles. The molecule has 3 nitrogen and oxygen atoms in total. The first-order valence-corrected chi connectivity index (χ1v) is 6.95. The van der Waals surface area contributed by atoms with Gasteiger partial charge in [0.1, 0.15) is 0 Å². The van der Waals surface area contributed by atoms with E-state index in [1.54, 1.807) is 0 Å². The molecular formula is C15H20N2O. The Kier molecular flexibility index (Phi) is 3.33. The molecule has 1 aromatic carbocycles. The Bertz CT molecular complexity index is 412. The molecule has 1 amide bonds. The lowest BCUT2D eigenvalue weighted by molar-refractivity contribution is 0.0711. The first-order chi connectivity index (χ1) is 8.86. The van der Waals surface area contributed by atoms with Crippen LogP contribution in [0.5, 0.6) is 0 Å². The quantitative estimate of drug-likeness (QED) is 0.863. The van der Waals surface area contributed by atoms with Crippen molar-refractivity contribution in [3.8, 4) is 0 Å². The number of benzene rings is 1. The minimum absolute atomic E-state index is 0.201. The summed E-state index contributed by atoms with van der Waals surface area (Å²) in [5.41, 5.74) is 0.822. The normalized spacial score (nSPS) is 27.7. The first-order valence-electron chi connectivity index (χ1n) is 6.95. The molecule has 0 radical (unpaired) electrons. The maximum atomic E-state index is 12.5. The van der Waals surface area contributed by atoms with Crippen LogP contribution in [0.15, 0.2) is 30.3 Å². The number of hydrogen-bond acceptors (Lipinski definition) is 2. The van der Waals surface area contributed by atoms with Crippen molar-refractivity contribution in [2.75, 3.05) is 13.1 Å². The maximum Gasteiger partial charge on any atom is 0.254 e. The van der Waals surface area contributed by atoms with Gasteiger partial charge in [-0.05, 0) is 44.4 Å². The minimum Gasteiger partial charge on any atom is -0.334 e. The van der Waals surface area contributed by atoms with Crippen LogP contribution >= 0.6 is 0 Å². The van der Waals surface area contributed by atoms with Gasteiger partial charge in [-0.25, -0.2) is 0 Å². The van der Waals surface area contributed by atoms with E-state index in [9.17, 15) is 4.79 Å². The van der Waals surface area contributed by atoms with Gasteiger partial charge in [0.25, 0.3) is 5.91 Å². The molecular weight excluding hydrogens is 224 g/mol. The van der Waals surface area contributed by atoms with Crippen molar-refractivity contribution >= 4 is 5.91 Å². The van der Waals surface area contributed by atoms with Crippen molar-refractivity contribution in [1.82, 2.24) is 10.2 Å². The molecule has 18 heavy (non-hydrogen) atoms. The van der Waals surface area contributed by atoms with Gasteiger partial charge in [-0.15, -0.1) is 0 Å². The third-order valence-corrected chi connectivity index (χ3v) is 4.14. The Morgan fingerprint density at radius 3 is 2.72 bits per heavy atom. The van der Waals surface area contributed by atoms with Crippen LogP contribution < -0.4 is 5.32 Å². The van der Waals surface area contributed by atoms with E-state index in [-0.39, 0.29) is 5.91 Å². The number of rotatable bonds is 2. The van der Waals surface area contributed by atoms with E-state index in [1.165, 1.54) is 12.8 Å². The summed E-state index contributed by atoms with van der Waals surface area (Å²) in [6.07, 6.45) is 4.75. The molecule has 2 unspecified atom stereocenters. The van der Waals surface area contributed by atoms with Crippen LogP contribution in [0.3, 0.4) is 0 Å². The van der Waals surface area contributed by atoms with E-state index >= 15 is 0 Å². The number of carbonyl (C=O) groups excluding carboxylic acids is 1. The molecule has 0 bridgehead atoms. The maximum absolute atomic E-state index is 12.5. The Labute approximate surface area is 108 Å². The van der Waals surface area contributed by atoms with E-state index in [4.69, 9.17) is 0 Å². The molecule has 1 N–H and O–H groups in total. The van der Waals surface area contributed by atoms with Crippen LogP contribution in [0.25, 0.3) is 0 Å². The standard InChI is InChI=1S/C15H20N2O/c18-15(12-6-2-1-3-7-12)17-11-5-9-14(17)13-8-4-10-16-13/h1-3,6-7,13-14,16H,4-5,8-11H2. The zero-order chi connectivity index (χ0) is 12.4. The molecule has 2 aliphatic heterocycles. The van der Waals surface area contributed by atoms with Crippen LogP contribution in [0, 0.1) is 0 Å². The minimum atomic E-state index is 0.201. The lowest BCUT2D eigenvalue weighted by Gasteiger charge is -2.29. The van der Waals surface area contributed by atoms with Gasteiger partial charge in [-0.3, -0.25) is 4.79 Å². The molecule has 2 saturated heterocycles. The Morgan fingerprint density at radius 1 is 1.17 bits per heavy atom. The highest BCUT2D eigenvalue weighted by Gasteiger charge is 2.35. The van der Waals surface area contributed by atoms with Gasteiger partial charge in [-0.1, -0.05) is 18.2 Å². The summed E-state index contributed by atoms with van der Waals surface area (Å²) in [7, 11) is 0. The molecule has 2 heterocycles. The Morgan fingerprint density at radius 2 is 2.00 bits per heavy atom. The monoisotopic (exact) mass is 244 g/mol. The second-order valence-electron chi connectivity index (χ2n) is 5.28. The number of carbonyl (C=O) groups is 1. The van der Waals surface area contributed by atoms with E-state index in [0.717, 1.165) is 31.5 Å². The molecule has 96 valence electrons. The highest BCUT2D eigenvalue weighted by Crippen LogP contribution is 2.26. The second kappa shape index (κ2) is 5.11. The smallest absolute Gasteiger partial charge is 0.254 e. The van der Waals surface area contributed by atoms with Gasteiger partial charge >= 0.3 is 0 Å². The topological polar surface area (TPSA) is 32.3 Å². The lowest BCUT2D eigenvalue weighted by atomic mass is 10.0. The van der Waals surface area contributed by atoms with Crippen molar-refractivity contribution in [3.05, 3.63) is 35.9 Å². The Balaban J connectivity index is 1.76. The number of amides is 1. The predicted molar refractivity (Wildman–Crippen MR) is 71.5 cm³/mol. The summed E-state index contributed by atoms with van der Waals surface area (Å²) in [6, 6.07) is 10.6. The van der Waals surface area contributed by atoms with Crippen LogP contribution in [0.4, 0.5) is 0 Å². The number of hydrogen-bond donors (Lipinski definition) is 1. The van der Waals surface area contributed by atoms with Crippen LogP contribution in [0.2, 0.25) is 0 Å². The number of nitrogens with zero attached hydrogens (tertiary/aromatic N) is 1. The van der Waals surface area contributed by atoms with Crippen molar-refractivity contribution in [1.29, 1.82) is 0 Å². The van der Waals surface area contributed by atoms with Gasteiger partial charge < -0.3 is 10.2 Å². The SMILES string of the molecule is O=C(c1ccccc1)N1CCCC1C1CCCN1. The fraction of sp³-hybridized carbons (Fsp3) is 0.533. The third-order valence-electron chi connectivity index (χ3n) is 4.14. The van der Waals surface area contributed by atoms with Gasteiger partial charge in [0, 0.05) is 24.2 Å². The first kappa shape index (κ1) is 11.7. The fourth-order valence-corrected chi connectivity index (χ4v) is 3.25. The Hall–Kier alpha value is -1.35. The molecule has 3 rings (SSSR count). The molecule has 2 aliphatic rings. The fourth-order valence-electron chi connectivity index (χ4n) is 3.25.